The second kappa shape index (κ2) is 5.88. The lowest BCUT2D eigenvalue weighted by atomic mass is 9.85. The molecule has 0 amide bonds. The molecule has 0 saturated heterocycles. The van der Waals surface area contributed by atoms with Crippen molar-refractivity contribution in [1.29, 1.82) is 0 Å². The molecule has 1 fully saturated rings. The molecule has 3 rings (SSSR count). The third-order valence-electron chi connectivity index (χ3n) is 5.27. The fraction of sp³-hybridized carbons (Fsp3) is 0.667. The van der Waals surface area contributed by atoms with Crippen LogP contribution in [-0.2, 0) is 0 Å². The van der Waals surface area contributed by atoms with E-state index in [0.29, 0.717) is 11.5 Å². The fourth-order valence-electron chi connectivity index (χ4n) is 4.21. The fourth-order valence-corrected chi connectivity index (χ4v) is 4.21. The summed E-state index contributed by atoms with van der Waals surface area (Å²) in [5, 5.41) is 3.58. The first-order valence-electron chi connectivity index (χ1n) is 8.26. The summed E-state index contributed by atoms with van der Waals surface area (Å²) < 4.78 is 5.88. The van der Waals surface area contributed by atoms with Crippen molar-refractivity contribution in [3.05, 3.63) is 24.3 Å². The minimum atomic E-state index is 0.404. The Morgan fingerprint density at radius 1 is 1.33 bits per heavy atom. The monoisotopic (exact) mass is 288 g/mol. The normalized spacial score (nSPS) is 27.9. The van der Waals surface area contributed by atoms with Crippen molar-refractivity contribution in [2.45, 2.75) is 39.2 Å². The minimum absolute atomic E-state index is 0.404. The van der Waals surface area contributed by atoms with Crippen LogP contribution in [0.5, 0.6) is 5.75 Å². The van der Waals surface area contributed by atoms with Crippen molar-refractivity contribution in [2.75, 3.05) is 31.6 Å². The highest BCUT2D eigenvalue weighted by atomic mass is 16.5. The molecule has 1 saturated carbocycles. The van der Waals surface area contributed by atoms with Gasteiger partial charge in [-0.25, -0.2) is 0 Å². The number of para-hydroxylation sites is 2. The van der Waals surface area contributed by atoms with E-state index in [0.717, 1.165) is 37.8 Å². The lowest BCUT2D eigenvalue weighted by molar-refractivity contribution is 0.262. The zero-order valence-electron chi connectivity index (χ0n) is 13.6. The van der Waals surface area contributed by atoms with Crippen LogP contribution in [0.1, 0.15) is 33.1 Å². The molecule has 1 aromatic rings. The van der Waals surface area contributed by atoms with Crippen molar-refractivity contribution in [1.82, 2.24) is 5.32 Å². The second-order valence-corrected chi connectivity index (χ2v) is 7.17. The summed E-state index contributed by atoms with van der Waals surface area (Å²) >= 11 is 0. The molecular formula is C18H28N2O. The van der Waals surface area contributed by atoms with Crippen molar-refractivity contribution in [3.63, 3.8) is 0 Å². The van der Waals surface area contributed by atoms with Gasteiger partial charge in [0, 0.05) is 19.1 Å². The van der Waals surface area contributed by atoms with Crippen molar-refractivity contribution in [2.24, 2.45) is 11.3 Å². The maximum atomic E-state index is 5.88. The maximum absolute atomic E-state index is 5.88. The summed E-state index contributed by atoms with van der Waals surface area (Å²) in [4.78, 5) is 2.54. The van der Waals surface area contributed by atoms with Crippen molar-refractivity contribution in [3.8, 4) is 5.75 Å². The number of benzene rings is 1. The summed E-state index contributed by atoms with van der Waals surface area (Å²) in [7, 11) is 2.12. The number of rotatable bonds is 3. The van der Waals surface area contributed by atoms with E-state index in [2.05, 4.69) is 55.4 Å². The molecule has 0 spiro atoms. The molecule has 0 aromatic heterocycles. The van der Waals surface area contributed by atoms with E-state index in [9.17, 15) is 0 Å². The molecule has 0 bridgehead atoms. The lowest BCUT2D eigenvalue weighted by Crippen LogP contribution is -2.44. The van der Waals surface area contributed by atoms with Crippen LogP contribution < -0.4 is 15.0 Å². The van der Waals surface area contributed by atoms with Gasteiger partial charge in [0.2, 0.25) is 0 Å². The van der Waals surface area contributed by atoms with Gasteiger partial charge in [-0.2, -0.15) is 0 Å². The quantitative estimate of drug-likeness (QED) is 0.923. The van der Waals surface area contributed by atoms with Crippen LogP contribution in [0.25, 0.3) is 0 Å². The average molecular weight is 288 g/mol. The van der Waals surface area contributed by atoms with E-state index < -0.39 is 0 Å². The zero-order valence-corrected chi connectivity index (χ0v) is 13.6. The van der Waals surface area contributed by atoms with Gasteiger partial charge >= 0.3 is 0 Å². The molecule has 0 radical (unpaired) electrons. The molecule has 3 heteroatoms. The largest absolute Gasteiger partial charge is 0.491 e. The Labute approximate surface area is 128 Å². The number of nitrogens with zero attached hydrogens (tertiary/aromatic N) is 1. The highest BCUT2D eigenvalue weighted by molar-refractivity contribution is 5.59. The Bertz CT molecular complexity index is 486. The van der Waals surface area contributed by atoms with Gasteiger partial charge in [-0.05, 0) is 49.8 Å². The van der Waals surface area contributed by atoms with Crippen LogP contribution in [0.2, 0.25) is 0 Å². The first kappa shape index (κ1) is 14.7. The third-order valence-corrected chi connectivity index (χ3v) is 5.27. The molecule has 116 valence electrons. The first-order chi connectivity index (χ1) is 10.1. The Morgan fingerprint density at radius 2 is 2.14 bits per heavy atom. The predicted octanol–water partition coefficient (Wildman–Crippen LogP) is 3.30. The molecule has 1 heterocycles. The number of nitrogens with one attached hydrogen (secondary N) is 1. The summed E-state index contributed by atoms with van der Waals surface area (Å²) in [6.45, 7) is 7.86. The van der Waals surface area contributed by atoms with Crippen molar-refractivity contribution < 1.29 is 4.74 Å². The lowest BCUT2D eigenvalue weighted by Gasteiger charge is -2.34. The van der Waals surface area contributed by atoms with E-state index in [1.807, 2.05) is 0 Å². The molecular weight excluding hydrogens is 260 g/mol. The summed E-state index contributed by atoms with van der Waals surface area (Å²) in [5.74, 6) is 1.77. The van der Waals surface area contributed by atoms with Crippen LogP contribution >= 0.6 is 0 Å². The predicted molar refractivity (Wildman–Crippen MR) is 88.1 cm³/mol. The van der Waals surface area contributed by atoms with Crippen LogP contribution in [0.4, 0.5) is 5.69 Å². The van der Waals surface area contributed by atoms with E-state index in [1.54, 1.807) is 0 Å². The molecule has 2 aliphatic rings. The van der Waals surface area contributed by atoms with Crippen LogP contribution in [0.15, 0.2) is 24.3 Å². The SMILES string of the molecule is CNC1C(CN2CCCOc3ccccc32)CCC1(C)C. The van der Waals surface area contributed by atoms with E-state index in [1.165, 1.54) is 18.5 Å². The topological polar surface area (TPSA) is 24.5 Å². The van der Waals surface area contributed by atoms with Gasteiger partial charge in [0.1, 0.15) is 5.75 Å². The number of hydrogen-bond donors (Lipinski definition) is 1. The number of ether oxygens (including phenoxy) is 1. The Hall–Kier alpha value is -1.22. The number of fused-ring (bicyclic) bond motifs is 1. The molecule has 21 heavy (non-hydrogen) atoms. The highest BCUT2D eigenvalue weighted by Gasteiger charge is 2.41. The number of anilines is 1. The van der Waals surface area contributed by atoms with Crippen LogP contribution in [0, 0.1) is 11.3 Å². The Morgan fingerprint density at radius 3 is 2.95 bits per heavy atom. The van der Waals surface area contributed by atoms with Gasteiger partial charge in [-0.1, -0.05) is 26.0 Å². The molecule has 2 atom stereocenters. The van der Waals surface area contributed by atoms with Gasteiger partial charge in [-0.15, -0.1) is 0 Å². The average Bonchev–Trinajstić information content (AvgIpc) is 2.64. The Balaban J connectivity index is 1.79. The maximum Gasteiger partial charge on any atom is 0.142 e. The summed E-state index contributed by atoms with van der Waals surface area (Å²) in [6, 6.07) is 9.09. The third kappa shape index (κ3) is 2.89. The first-order valence-corrected chi connectivity index (χ1v) is 8.26. The van der Waals surface area contributed by atoms with Crippen LogP contribution in [0.3, 0.4) is 0 Å². The summed E-state index contributed by atoms with van der Waals surface area (Å²) in [5.41, 5.74) is 1.68. The minimum Gasteiger partial charge on any atom is -0.491 e. The molecule has 3 nitrogen and oxygen atoms in total. The van der Waals surface area contributed by atoms with E-state index in [4.69, 9.17) is 4.74 Å². The van der Waals surface area contributed by atoms with E-state index in [-0.39, 0.29) is 0 Å². The molecule has 1 aliphatic carbocycles. The summed E-state index contributed by atoms with van der Waals surface area (Å²) in [6.07, 6.45) is 3.74. The molecule has 1 aliphatic heterocycles. The smallest absolute Gasteiger partial charge is 0.142 e. The van der Waals surface area contributed by atoms with Gasteiger partial charge < -0.3 is 15.0 Å². The standard InChI is InChI=1S/C18H28N2O/c1-18(2)10-9-14(17(18)19-3)13-20-11-6-12-21-16-8-5-4-7-15(16)20/h4-5,7-8,14,17,19H,6,9-13H2,1-3H3. The van der Waals surface area contributed by atoms with Gasteiger partial charge in [0.05, 0.1) is 12.3 Å². The van der Waals surface area contributed by atoms with Gasteiger partial charge in [0.25, 0.3) is 0 Å². The van der Waals surface area contributed by atoms with Crippen LogP contribution in [-0.4, -0.2) is 32.8 Å². The molecule has 2 unspecified atom stereocenters. The Kier molecular flexibility index (Phi) is 4.12. The zero-order chi connectivity index (χ0) is 14.9. The highest BCUT2D eigenvalue weighted by Crippen LogP contribution is 2.42. The van der Waals surface area contributed by atoms with Crippen molar-refractivity contribution >= 4 is 5.69 Å². The second-order valence-electron chi connectivity index (χ2n) is 7.17. The van der Waals surface area contributed by atoms with E-state index >= 15 is 0 Å². The van der Waals surface area contributed by atoms with Gasteiger partial charge in [-0.3, -0.25) is 0 Å². The molecule has 1 N–H and O–H groups in total. The number of hydrogen-bond acceptors (Lipinski definition) is 3. The van der Waals surface area contributed by atoms with Gasteiger partial charge in [0.15, 0.2) is 0 Å². The molecule has 1 aromatic carbocycles.